The highest BCUT2D eigenvalue weighted by Gasteiger charge is 2.63. The van der Waals surface area contributed by atoms with Gasteiger partial charge in [-0.2, -0.15) is 0 Å². The zero-order chi connectivity index (χ0) is 18.4. The minimum Gasteiger partial charge on any atom is -0.373 e. The fourth-order valence-electron chi connectivity index (χ4n) is 5.20. The third-order valence-electron chi connectivity index (χ3n) is 6.67. The number of hydrogen-bond acceptors (Lipinski definition) is 5. The molecule has 7 nitrogen and oxygen atoms in total. The number of likely N-dealkylation sites (tertiary alicyclic amines) is 2. The lowest BCUT2D eigenvalue weighted by Crippen LogP contribution is -2.52. The molecule has 3 amide bonds. The molecule has 0 aliphatic carbocycles. The Kier molecular flexibility index (Phi) is 4.77. The van der Waals surface area contributed by atoms with Gasteiger partial charge in [0, 0.05) is 13.1 Å². The molecule has 4 rings (SSSR count). The van der Waals surface area contributed by atoms with Crippen molar-refractivity contribution in [1.82, 2.24) is 15.1 Å². The Morgan fingerprint density at radius 2 is 1.69 bits per heavy atom. The molecule has 0 aromatic heterocycles. The SMILES string of the molecule is CCNCC1CCN(C(=O)C(C)N2C(=O)C3C4CCC(O4)C3C2=O)CC1. The largest absolute Gasteiger partial charge is 0.373 e. The van der Waals surface area contributed by atoms with Crippen LogP contribution in [0.25, 0.3) is 0 Å². The first kappa shape index (κ1) is 17.9. The smallest absolute Gasteiger partial charge is 0.245 e. The summed E-state index contributed by atoms with van der Waals surface area (Å²) in [5.74, 6) is -0.617. The van der Waals surface area contributed by atoms with E-state index in [0.29, 0.717) is 19.0 Å². The molecule has 0 aromatic carbocycles. The molecule has 2 bridgehead atoms. The fraction of sp³-hybridized carbons (Fsp3) is 0.842. The van der Waals surface area contributed by atoms with Gasteiger partial charge >= 0.3 is 0 Å². The maximum atomic E-state index is 12.9. The van der Waals surface area contributed by atoms with Crippen LogP contribution >= 0.6 is 0 Å². The second kappa shape index (κ2) is 6.93. The highest BCUT2D eigenvalue weighted by atomic mass is 16.5. The van der Waals surface area contributed by atoms with Gasteiger partial charge < -0.3 is 15.0 Å². The molecule has 0 saturated carbocycles. The summed E-state index contributed by atoms with van der Waals surface area (Å²) >= 11 is 0. The van der Waals surface area contributed by atoms with Crippen LogP contribution in [0.5, 0.6) is 0 Å². The Labute approximate surface area is 154 Å². The van der Waals surface area contributed by atoms with Crippen LogP contribution in [0.15, 0.2) is 0 Å². The lowest BCUT2D eigenvalue weighted by atomic mass is 9.81. The zero-order valence-electron chi connectivity index (χ0n) is 15.6. The normalized spacial score (nSPS) is 35.3. The summed E-state index contributed by atoms with van der Waals surface area (Å²) < 4.78 is 5.76. The molecule has 4 heterocycles. The second-order valence-electron chi connectivity index (χ2n) is 8.14. The van der Waals surface area contributed by atoms with Crippen LogP contribution in [-0.2, 0) is 19.1 Å². The Hall–Kier alpha value is -1.47. The monoisotopic (exact) mass is 363 g/mol. The summed E-state index contributed by atoms with van der Waals surface area (Å²) in [7, 11) is 0. The van der Waals surface area contributed by atoms with Crippen molar-refractivity contribution in [3.63, 3.8) is 0 Å². The number of rotatable bonds is 5. The number of hydrogen-bond donors (Lipinski definition) is 1. The van der Waals surface area contributed by atoms with Crippen molar-refractivity contribution in [3.05, 3.63) is 0 Å². The Morgan fingerprint density at radius 3 is 2.23 bits per heavy atom. The van der Waals surface area contributed by atoms with Crippen molar-refractivity contribution in [3.8, 4) is 0 Å². The van der Waals surface area contributed by atoms with Crippen LogP contribution in [-0.4, -0.2) is 72.0 Å². The second-order valence-corrected chi connectivity index (χ2v) is 8.14. The highest BCUT2D eigenvalue weighted by molar-refractivity contribution is 6.09. The van der Waals surface area contributed by atoms with Crippen LogP contribution in [0.1, 0.15) is 39.5 Å². The van der Waals surface area contributed by atoms with Crippen LogP contribution in [0, 0.1) is 17.8 Å². The number of ether oxygens (including phenoxy) is 1. The minimum atomic E-state index is -0.703. The maximum absolute atomic E-state index is 12.9. The van der Waals surface area contributed by atoms with E-state index in [1.54, 1.807) is 6.92 Å². The molecule has 1 N–H and O–H groups in total. The summed E-state index contributed by atoms with van der Waals surface area (Å²) in [6, 6.07) is -0.703. The summed E-state index contributed by atoms with van der Waals surface area (Å²) in [5, 5.41) is 3.37. The molecule has 0 radical (unpaired) electrons. The number of nitrogens with zero attached hydrogens (tertiary/aromatic N) is 2. The van der Waals surface area contributed by atoms with Crippen LogP contribution < -0.4 is 5.32 Å². The molecule has 4 saturated heterocycles. The van der Waals surface area contributed by atoms with E-state index in [-0.39, 0.29) is 41.8 Å². The molecule has 26 heavy (non-hydrogen) atoms. The molecule has 4 aliphatic heterocycles. The Morgan fingerprint density at radius 1 is 1.12 bits per heavy atom. The predicted octanol–water partition coefficient (Wildman–Crippen LogP) is 0.385. The topological polar surface area (TPSA) is 79.0 Å². The van der Waals surface area contributed by atoms with Gasteiger partial charge in [-0.05, 0) is 51.6 Å². The molecule has 4 fully saturated rings. The first-order valence-electron chi connectivity index (χ1n) is 10.0. The standard InChI is InChI=1S/C19H29N3O4/c1-3-20-10-12-6-8-21(9-7-12)17(23)11(2)22-18(24)15-13-4-5-14(26-13)16(15)19(22)25/h11-16,20H,3-10H2,1-2H3. The van der Waals surface area contributed by atoms with E-state index in [2.05, 4.69) is 12.2 Å². The molecular formula is C19H29N3O4. The van der Waals surface area contributed by atoms with Crippen molar-refractivity contribution in [1.29, 1.82) is 0 Å². The molecule has 0 spiro atoms. The van der Waals surface area contributed by atoms with E-state index in [4.69, 9.17) is 4.74 Å². The quantitative estimate of drug-likeness (QED) is 0.715. The van der Waals surface area contributed by atoms with Gasteiger partial charge in [0.25, 0.3) is 0 Å². The van der Waals surface area contributed by atoms with Crippen molar-refractivity contribution in [2.45, 2.75) is 57.8 Å². The number of imide groups is 1. The molecule has 7 heteroatoms. The van der Waals surface area contributed by atoms with Gasteiger partial charge in [0.15, 0.2) is 0 Å². The van der Waals surface area contributed by atoms with Gasteiger partial charge in [-0.25, -0.2) is 0 Å². The zero-order valence-corrected chi connectivity index (χ0v) is 15.6. The van der Waals surface area contributed by atoms with E-state index < -0.39 is 6.04 Å². The van der Waals surface area contributed by atoms with E-state index in [1.807, 2.05) is 4.90 Å². The van der Waals surface area contributed by atoms with Crippen molar-refractivity contribution >= 4 is 17.7 Å². The Balaban J connectivity index is 1.39. The number of amides is 3. The summed E-state index contributed by atoms with van der Waals surface area (Å²) in [5.41, 5.74) is 0. The number of carbonyl (C=O) groups is 3. The molecule has 4 aliphatic rings. The minimum absolute atomic E-state index is 0.0955. The average molecular weight is 363 g/mol. The van der Waals surface area contributed by atoms with E-state index in [9.17, 15) is 14.4 Å². The van der Waals surface area contributed by atoms with Crippen LogP contribution in [0.2, 0.25) is 0 Å². The van der Waals surface area contributed by atoms with Gasteiger partial charge in [-0.15, -0.1) is 0 Å². The number of piperidine rings is 1. The lowest BCUT2D eigenvalue weighted by Gasteiger charge is -2.35. The third-order valence-corrected chi connectivity index (χ3v) is 6.67. The van der Waals surface area contributed by atoms with Crippen LogP contribution in [0.4, 0.5) is 0 Å². The number of fused-ring (bicyclic) bond motifs is 5. The molecule has 5 atom stereocenters. The van der Waals surface area contributed by atoms with E-state index >= 15 is 0 Å². The van der Waals surface area contributed by atoms with Crippen molar-refractivity contribution < 1.29 is 19.1 Å². The molecular weight excluding hydrogens is 334 g/mol. The Bertz CT molecular complexity index is 574. The van der Waals surface area contributed by atoms with Crippen molar-refractivity contribution in [2.24, 2.45) is 17.8 Å². The third kappa shape index (κ3) is 2.76. The molecule has 144 valence electrons. The fourth-order valence-corrected chi connectivity index (χ4v) is 5.20. The van der Waals surface area contributed by atoms with Crippen molar-refractivity contribution in [2.75, 3.05) is 26.2 Å². The summed E-state index contributed by atoms with van der Waals surface area (Å²) in [6.07, 6.45) is 3.37. The summed E-state index contributed by atoms with van der Waals surface area (Å²) in [6.45, 7) is 7.16. The number of carbonyl (C=O) groups excluding carboxylic acids is 3. The first-order valence-corrected chi connectivity index (χ1v) is 10.0. The highest BCUT2D eigenvalue weighted by Crippen LogP contribution is 2.48. The van der Waals surface area contributed by atoms with Crippen LogP contribution in [0.3, 0.4) is 0 Å². The van der Waals surface area contributed by atoms with Gasteiger partial charge in [-0.1, -0.05) is 6.92 Å². The van der Waals surface area contributed by atoms with Gasteiger partial charge in [-0.3, -0.25) is 19.3 Å². The maximum Gasteiger partial charge on any atom is 0.245 e. The van der Waals surface area contributed by atoms with Gasteiger partial charge in [0.1, 0.15) is 6.04 Å². The van der Waals surface area contributed by atoms with Gasteiger partial charge in [0.05, 0.1) is 24.0 Å². The van der Waals surface area contributed by atoms with Gasteiger partial charge in [0.2, 0.25) is 17.7 Å². The first-order chi connectivity index (χ1) is 12.5. The average Bonchev–Trinajstić information content (AvgIpc) is 3.33. The summed E-state index contributed by atoms with van der Waals surface area (Å²) in [4.78, 5) is 41.7. The molecule has 0 aromatic rings. The predicted molar refractivity (Wildman–Crippen MR) is 94.0 cm³/mol. The lowest BCUT2D eigenvalue weighted by molar-refractivity contribution is -0.153. The van der Waals surface area contributed by atoms with E-state index in [0.717, 1.165) is 38.8 Å². The number of nitrogens with one attached hydrogen (secondary N) is 1. The molecule has 5 unspecified atom stereocenters. The van der Waals surface area contributed by atoms with E-state index in [1.165, 1.54) is 4.90 Å².